The lowest BCUT2D eigenvalue weighted by molar-refractivity contribution is -0.147. The fourth-order valence-electron chi connectivity index (χ4n) is 2.00. The van der Waals surface area contributed by atoms with Gasteiger partial charge in [-0.1, -0.05) is 0 Å². The van der Waals surface area contributed by atoms with Crippen LogP contribution >= 0.6 is 11.8 Å². The van der Waals surface area contributed by atoms with E-state index in [2.05, 4.69) is 0 Å². The molecule has 1 atom stereocenters. The van der Waals surface area contributed by atoms with Crippen molar-refractivity contribution in [3.05, 3.63) is 10.6 Å². The molecule has 1 saturated heterocycles. The number of thioether (sulfide) groups is 1. The van der Waals surface area contributed by atoms with Gasteiger partial charge in [-0.3, -0.25) is 4.79 Å². The molecule has 1 unspecified atom stereocenters. The average molecular weight is 243 g/mol. The molecule has 1 N–H and O–H groups in total. The quantitative estimate of drug-likeness (QED) is 0.567. The van der Waals surface area contributed by atoms with E-state index in [0.717, 1.165) is 10.7 Å². The van der Waals surface area contributed by atoms with E-state index in [1.807, 2.05) is 0 Å². The maximum atomic E-state index is 11.3. The van der Waals surface area contributed by atoms with Gasteiger partial charge < -0.3 is 14.7 Å². The van der Waals surface area contributed by atoms with E-state index in [1.165, 1.54) is 16.7 Å². The zero-order valence-corrected chi connectivity index (χ0v) is 9.75. The molecular formula is C10H13NO4S. The number of hydrogen-bond donors (Lipinski definition) is 1. The summed E-state index contributed by atoms with van der Waals surface area (Å²) in [5.41, 5.74) is 0.183. The van der Waals surface area contributed by atoms with Gasteiger partial charge in [-0.05, 0) is 0 Å². The number of carboxylic acids is 1. The summed E-state index contributed by atoms with van der Waals surface area (Å²) < 4.78 is 4.92. The van der Waals surface area contributed by atoms with Crippen molar-refractivity contribution in [2.24, 2.45) is 0 Å². The molecule has 0 saturated carbocycles. The number of nitrogens with zero attached hydrogens (tertiary/aromatic N) is 1. The molecule has 1 fully saturated rings. The zero-order chi connectivity index (χ0) is 11.7. The second-order valence-electron chi connectivity index (χ2n) is 3.74. The molecule has 0 radical (unpaired) electrons. The van der Waals surface area contributed by atoms with Crippen LogP contribution in [0.5, 0.6) is 0 Å². The second kappa shape index (κ2) is 4.47. The first kappa shape index (κ1) is 11.5. The van der Waals surface area contributed by atoms with E-state index in [1.54, 1.807) is 7.11 Å². The minimum atomic E-state index is -1.00. The first-order valence-electron chi connectivity index (χ1n) is 5.05. The van der Waals surface area contributed by atoms with Crippen molar-refractivity contribution in [1.82, 2.24) is 4.90 Å². The molecule has 2 heterocycles. The van der Waals surface area contributed by atoms with Gasteiger partial charge in [0.05, 0.1) is 12.6 Å². The smallest absolute Gasteiger partial charge is 0.353 e. The first-order chi connectivity index (χ1) is 7.65. The maximum absolute atomic E-state index is 11.3. The van der Waals surface area contributed by atoms with Gasteiger partial charge in [-0.25, -0.2) is 4.79 Å². The van der Waals surface area contributed by atoms with Crippen LogP contribution in [0.1, 0.15) is 12.8 Å². The molecule has 0 aromatic carbocycles. The molecule has 0 aromatic rings. The number of ether oxygens (including phenoxy) is 1. The van der Waals surface area contributed by atoms with Crippen molar-refractivity contribution >= 4 is 23.6 Å². The predicted octanol–water partition coefficient (Wildman–Crippen LogP) is 0.667. The van der Waals surface area contributed by atoms with Crippen LogP contribution in [0.25, 0.3) is 0 Å². The number of carbonyl (C=O) groups excluding carboxylic acids is 1. The number of carboxylic acid groups (broad SMARTS) is 1. The Morgan fingerprint density at radius 1 is 1.62 bits per heavy atom. The van der Waals surface area contributed by atoms with Crippen LogP contribution < -0.4 is 0 Å². The topological polar surface area (TPSA) is 66.8 Å². The minimum absolute atomic E-state index is 0.0789. The van der Waals surface area contributed by atoms with E-state index in [-0.39, 0.29) is 17.6 Å². The lowest BCUT2D eigenvalue weighted by atomic mass is 10.0. The van der Waals surface area contributed by atoms with Crippen LogP contribution in [0.4, 0.5) is 0 Å². The number of aliphatic carboxylic acids is 1. The van der Waals surface area contributed by atoms with Gasteiger partial charge in [0.25, 0.3) is 0 Å². The monoisotopic (exact) mass is 243 g/mol. The summed E-state index contributed by atoms with van der Waals surface area (Å²) in [6.45, 7) is 0.583. The molecule has 6 heteroatoms. The minimum Gasteiger partial charge on any atom is -0.477 e. The Labute approximate surface area is 97.4 Å². The van der Waals surface area contributed by atoms with Crippen LogP contribution in [-0.2, 0) is 14.3 Å². The van der Waals surface area contributed by atoms with Gasteiger partial charge in [0.15, 0.2) is 0 Å². The molecule has 2 aliphatic heterocycles. The molecule has 0 bridgehead atoms. The summed E-state index contributed by atoms with van der Waals surface area (Å²) in [4.78, 5) is 24.6. The Morgan fingerprint density at radius 2 is 2.38 bits per heavy atom. The zero-order valence-electron chi connectivity index (χ0n) is 8.93. The molecule has 88 valence electrons. The van der Waals surface area contributed by atoms with Crippen molar-refractivity contribution in [2.75, 3.05) is 19.5 Å². The maximum Gasteiger partial charge on any atom is 0.353 e. The summed E-state index contributed by atoms with van der Waals surface area (Å²) in [5, 5.41) is 9.08. The first-order valence-corrected chi connectivity index (χ1v) is 6.04. The Bertz CT molecular complexity index is 366. The lowest BCUT2D eigenvalue weighted by Crippen LogP contribution is -2.49. The van der Waals surface area contributed by atoms with Crippen molar-refractivity contribution in [3.63, 3.8) is 0 Å². The van der Waals surface area contributed by atoms with Crippen molar-refractivity contribution in [3.8, 4) is 0 Å². The molecule has 2 aliphatic rings. The summed E-state index contributed by atoms with van der Waals surface area (Å²) in [6, 6.07) is 0.0867. The Kier molecular flexibility index (Phi) is 3.20. The number of amides is 1. The molecule has 2 rings (SSSR count). The van der Waals surface area contributed by atoms with Crippen LogP contribution in [0.3, 0.4) is 0 Å². The highest BCUT2D eigenvalue weighted by atomic mass is 32.2. The summed E-state index contributed by atoms with van der Waals surface area (Å²) in [7, 11) is 1.61. The third kappa shape index (κ3) is 1.82. The summed E-state index contributed by atoms with van der Waals surface area (Å²) >= 11 is 1.47. The van der Waals surface area contributed by atoms with Crippen LogP contribution in [0.15, 0.2) is 10.6 Å². The van der Waals surface area contributed by atoms with Crippen molar-refractivity contribution in [1.29, 1.82) is 0 Å². The van der Waals surface area contributed by atoms with Gasteiger partial charge in [0.1, 0.15) is 5.70 Å². The van der Waals surface area contributed by atoms with Crippen molar-refractivity contribution in [2.45, 2.75) is 18.9 Å². The normalized spacial score (nSPS) is 23.4. The third-order valence-corrected chi connectivity index (χ3v) is 3.82. The van der Waals surface area contributed by atoms with Gasteiger partial charge in [-0.15, -0.1) is 11.8 Å². The van der Waals surface area contributed by atoms with Crippen LogP contribution in [-0.4, -0.2) is 47.4 Å². The Morgan fingerprint density at radius 3 is 2.94 bits per heavy atom. The summed E-state index contributed by atoms with van der Waals surface area (Å²) in [5.74, 6) is -0.364. The number of hydrogen-bond acceptors (Lipinski definition) is 4. The second-order valence-corrected chi connectivity index (χ2v) is 4.93. The Hall–Kier alpha value is -1.01. The highest BCUT2D eigenvalue weighted by Crippen LogP contribution is 2.42. The summed E-state index contributed by atoms with van der Waals surface area (Å²) in [6.07, 6.45) is 1.16. The van der Waals surface area contributed by atoms with Crippen molar-refractivity contribution < 1.29 is 19.4 Å². The highest BCUT2D eigenvalue weighted by molar-refractivity contribution is 8.03. The Balaban J connectivity index is 2.09. The number of carbonyl (C=O) groups is 2. The van der Waals surface area contributed by atoms with Gasteiger partial charge >= 0.3 is 5.97 Å². The van der Waals surface area contributed by atoms with Gasteiger partial charge in [-0.2, -0.15) is 0 Å². The molecule has 1 amide bonds. The number of rotatable bonds is 5. The largest absolute Gasteiger partial charge is 0.477 e. The molecule has 5 nitrogen and oxygen atoms in total. The van der Waals surface area contributed by atoms with Gasteiger partial charge in [0, 0.05) is 30.6 Å². The molecule has 0 aliphatic carbocycles. The standard InChI is InChI=1S/C10H13NO4S/c1-15-2-3-16-7-4-6-5-8(12)11(6)9(7)10(13)14/h6H,2-5H2,1H3,(H,13,14). The number of fused-ring (bicyclic) bond motifs is 1. The van der Waals surface area contributed by atoms with Crippen LogP contribution in [0.2, 0.25) is 0 Å². The predicted molar refractivity (Wildman–Crippen MR) is 58.9 cm³/mol. The van der Waals surface area contributed by atoms with Gasteiger partial charge in [0.2, 0.25) is 5.91 Å². The lowest BCUT2D eigenvalue weighted by Gasteiger charge is -2.34. The molecule has 0 spiro atoms. The van der Waals surface area contributed by atoms with E-state index >= 15 is 0 Å². The van der Waals surface area contributed by atoms with E-state index in [0.29, 0.717) is 19.4 Å². The fourth-order valence-corrected chi connectivity index (χ4v) is 3.12. The number of methoxy groups -OCH3 is 1. The van der Waals surface area contributed by atoms with E-state index in [9.17, 15) is 9.59 Å². The fraction of sp³-hybridized carbons (Fsp3) is 0.600. The van der Waals surface area contributed by atoms with E-state index < -0.39 is 5.97 Å². The molecule has 0 aromatic heterocycles. The third-order valence-electron chi connectivity index (χ3n) is 2.74. The van der Waals surface area contributed by atoms with Crippen LogP contribution in [0, 0.1) is 0 Å². The molecule has 16 heavy (non-hydrogen) atoms. The average Bonchev–Trinajstić information content (AvgIpc) is 2.52. The SMILES string of the molecule is COCCSC1=C(C(=O)O)N2C(=O)CC2C1. The number of β-lactam (4-membered cyclic amide) rings is 1. The highest BCUT2D eigenvalue weighted by Gasteiger charge is 2.47. The van der Waals surface area contributed by atoms with E-state index in [4.69, 9.17) is 9.84 Å². The molecular weight excluding hydrogens is 230 g/mol.